The third kappa shape index (κ3) is 6.67. The number of aryl methyl sites for hydroxylation is 1. The lowest BCUT2D eigenvalue weighted by Crippen LogP contribution is -2.47. The molecule has 0 radical (unpaired) electrons. The van der Waals surface area contributed by atoms with Crippen molar-refractivity contribution in [2.75, 3.05) is 6.61 Å². The number of nitrogens with one attached hydrogen (secondary N) is 1. The summed E-state index contributed by atoms with van der Waals surface area (Å²) < 4.78 is 9.49. The molecule has 5 aromatic rings. The Labute approximate surface area is 285 Å². The molecule has 0 saturated carbocycles. The van der Waals surface area contributed by atoms with Crippen LogP contribution in [-0.2, 0) is 19.6 Å². The van der Waals surface area contributed by atoms with Crippen LogP contribution in [0.25, 0.3) is 16.9 Å². The Morgan fingerprint density at radius 1 is 1.08 bits per heavy atom. The van der Waals surface area contributed by atoms with Gasteiger partial charge in [-0.15, -0.1) is 0 Å². The van der Waals surface area contributed by atoms with E-state index in [2.05, 4.69) is 31.4 Å². The quantitative estimate of drug-likeness (QED) is 0.223. The van der Waals surface area contributed by atoms with Gasteiger partial charge in [0.25, 0.3) is 11.8 Å². The van der Waals surface area contributed by atoms with Crippen molar-refractivity contribution in [3.05, 3.63) is 128 Å². The molecule has 11 nitrogen and oxygen atoms in total. The van der Waals surface area contributed by atoms with E-state index in [0.29, 0.717) is 28.4 Å². The molecule has 0 bridgehead atoms. The molecule has 2 amide bonds. The molecule has 0 saturated heterocycles. The Kier molecular flexibility index (Phi) is 9.56. The highest BCUT2D eigenvalue weighted by Gasteiger charge is 2.35. The zero-order valence-electron chi connectivity index (χ0n) is 26.8. The summed E-state index contributed by atoms with van der Waals surface area (Å²) in [5, 5.41) is 20.9. The second-order valence-corrected chi connectivity index (χ2v) is 12.7. The van der Waals surface area contributed by atoms with Crippen molar-refractivity contribution in [2.45, 2.75) is 52.6 Å². The fourth-order valence-electron chi connectivity index (χ4n) is 5.84. The Balaban J connectivity index is 1.38. The minimum absolute atomic E-state index is 0.0614. The molecule has 0 fully saturated rings. The molecular weight excluding hydrogens is 676 g/mol. The molecule has 1 aliphatic rings. The molecule has 3 aromatic carbocycles. The minimum atomic E-state index is -0.645. The van der Waals surface area contributed by atoms with Gasteiger partial charge in [0.15, 0.2) is 0 Å². The minimum Gasteiger partial charge on any atom is -0.491 e. The van der Waals surface area contributed by atoms with Crippen molar-refractivity contribution in [3.8, 4) is 22.7 Å². The second-order valence-electron chi connectivity index (χ2n) is 11.9. The van der Waals surface area contributed by atoms with Crippen LogP contribution in [0.5, 0.6) is 5.75 Å². The van der Waals surface area contributed by atoms with E-state index < -0.39 is 12.0 Å². The van der Waals surface area contributed by atoms with Crippen molar-refractivity contribution >= 4 is 27.7 Å². The molecule has 246 valence electrons. The largest absolute Gasteiger partial charge is 0.491 e. The Bertz CT molecular complexity index is 2020. The molecule has 3 heterocycles. The molecule has 2 N–H and O–H groups in total. The maximum atomic E-state index is 14.2. The highest BCUT2D eigenvalue weighted by atomic mass is 79.9. The summed E-state index contributed by atoms with van der Waals surface area (Å²) in [6, 6.07) is 23.1. The Hall–Kier alpha value is -5.07. The first kappa shape index (κ1) is 32.9. The van der Waals surface area contributed by atoms with Gasteiger partial charge in [-0.25, -0.2) is 4.79 Å². The predicted octanol–water partition coefficient (Wildman–Crippen LogP) is 4.90. The van der Waals surface area contributed by atoms with Crippen LogP contribution in [0, 0.1) is 6.92 Å². The number of aliphatic hydroxyl groups is 1. The number of imidazole rings is 1. The van der Waals surface area contributed by atoms with Crippen LogP contribution < -0.4 is 15.7 Å². The second kappa shape index (κ2) is 14.0. The monoisotopic (exact) mass is 710 g/mol. The van der Waals surface area contributed by atoms with Gasteiger partial charge in [-0.2, -0.15) is 10.2 Å². The molecule has 2 aromatic heterocycles. The van der Waals surface area contributed by atoms with Gasteiger partial charge in [0, 0.05) is 40.9 Å². The molecule has 12 heteroatoms. The maximum absolute atomic E-state index is 14.2. The standard InChI is InChI=1S/C36H35BrN6O5/c1-22-17-25(10-15-30(22)37)35(46)41-20-32-33(34(45)38-18-26-7-4-5-8-29(26)31-9-6-16-39-40-31)43(36(47)42(32)19-23(41)2)27-11-13-28(14-12-27)48-21-24(3)44/h4-17,23-24,44H,18-21H2,1-3H3,(H,38,45)/t23?,24-/m1/s1. The zero-order valence-corrected chi connectivity index (χ0v) is 28.3. The number of hydrogen-bond donors (Lipinski definition) is 2. The van der Waals surface area contributed by atoms with Gasteiger partial charge in [0.1, 0.15) is 18.1 Å². The van der Waals surface area contributed by atoms with E-state index in [1.54, 1.807) is 59.0 Å². The summed E-state index contributed by atoms with van der Waals surface area (Å²) in [5.41, 5.74) is 4.44. The van der Waals surface area contributed by atoms with Gasteiger partial charge in [-0.3, -0.25) is 18.7 Å². The van der Waals surface area contributed by atoms with Crippen LogP contribution in [0.1, 0.15) is 51.5 Å². The van der Waals surface area contributed by atoms with Gasteiger partial charge in [0.2, 0.25) is 0 Å². The lowest BCUT2D eigenvalue weighted by atomic mass is 10.0. The molecule has 0 spiro atoms. The highest BCUT2D eigenvalue weighted by Crippen LogP contribution is 2.27. The fourth-order valence-corrected chi connectivity index (χ4v) is 6.09. The fraction of sp³-hybridized carbons (Fsp3) is 0.250. The van der Waals surface area contributed by atoms with Crippen LogP contribution in [0.15, 0.2) is 94.3 Å². The van der Waals surface area contributed by atoms with E-state index in [1.165, 1.54) is 4.57 Å². The number of aliphatic hydroxyl groups excluding tert-OH is 1. The number of carbonyl (C=O) groups excluding carboxylic acids is 2. The SMILES string of the molecule is Cc1cc(C(=O)N2Cc3c(C(=O)NCc4ccccc4-c4cccnn4)n(-c4ccc(OC[C@@H](C)O)cc4)c(=O)n3CC2C)ccc1Br. The smallest absolute Gasteiger partial charge is 0.333 e. The number of halogens is 1. The van der Waals surface area contributed by atoms with Crippen molar-refractivity contribution in [1.29, 1.82) is 0 Å². The van der Waals surface area contributed by atoms with Gasteiger partial charge in [-0.1, -0.05) is 40.2 Å². The number of amides is 2. The number of nitrogens with zero attached hydrogens (tertiary/aromatic N) is 5. The van der Waals surface area contributed by atoms with Crippen LogP contribution in [0.2, 0.25) is 0 Å². The van der Waals surface area contributed by atoms with Crippen molar-refractivity contribution in [1.82, 2.24) is 29.5 Å². The molecule has 6 rings (SSSR count). The number of benzene rings is 3. The number of aromatic nitrogens is 4. The van der Waals surface area contributed by atoms with Crippen LogP contribution >= 0.6 is 15.9 Å². The zero-order chi connectivity index (χ0) is 33.9. The number of rotatable bonds is 9. The summed E-state index contributed by atoms with van der Waals surface area (Å²) >= 11 is 3.50. The normalized spacial score (nSPS) is 14.7. The Morgan fingerprint density at radius 2 is 1.85 bits per heavy atom. The molecule has 2 atom stereocenters. The van der Waals surface area contributed by atoms with Gasteiger partial charge >= 0.3 is 5.69 Å². The van der Waals surface area contributed by atoms with E-state index in [9.17, 15) is 19.5 Å². The van der Waals surface area contributed by atoms with Gasteiger partial charge in [0.05, 0.1) is 29.7 Å². The topological polar surface area (TPSA) is 132 Å². The van der Waals surface area contributed by atoms with E-state index in [-0.39, 0.29) is 49.6 Å². The predicted molar refractivity (Wildman–Crippen MR) is 184 cm³/mol. The average molecular weight is 712 g/mol. The van der Waals surface area contributed by atoms with Crippen LogP contribution in [0.4, 0.5) is 0 Å². The Morgan fingerprint density at radius 3 is 2.56 bits per heavy atom. The molecule has 1 aliphatic heterocycles. The third-order valence-electron chi connectivity index (χ3n) is 8.32. The molecule has 48 heavy (non-hydrogen) atoms. The lowest BCUT2D eigenvalue weighted by Gasteiger charge is -2.34. The first-order chi connectivity index (χ1) is 23.1. The van der Waals surface area contributed by atoms with Gasteiger partial charge in [-0.05, 0) is 86.5 Å². The first-order valence-corrected chi connectivity index (χ1v) is 16.4. The number of carbonyl (C=O) groups is 2. The summed E-state index contributed by atoms with van der Waals surface area (Å²) in [6.07, 6.45) is 0.955. The number of hydrogen-bond acceptors (Lipinski definition) is 7. The number of ether oxygens (including phenoxy) is 1. The van der Waals surface area contributed by atoms with Crippen molar-refractivity contribution < 1.29 is 19.4 Å². The summed E-state index contributed by atoms with van der Waals surface area (Å²) in [5.74, 6) is -0.141. The van der Waals surface area contributed by atoms with E-state index in [1.807, 2.05) is 56.3 Å². The van der Waals surface area contributed by atoms with E-state index in [0.717, 1.165) is 21.2 Å². The molecular formula is C36H35BrN6O5. The first-order valence-electron chi connectivity index (χ1n) is 15.6. The van der Waals surface area contributed by atoms with Crippen molar-refractivity contribution in [2.24, 2.45) is 0 Å². The summed E-state index contributed by atoms with van der Waals surface area (Å²) in [7, 11) is 0. The highest BCUT2D eigenvalue weighted by molar-refractivity contribution is 9.10. The summed E-state index contributed by atoms with van der Waals surface area (Å²) in [6.45, 7) is 6.00. The lowest BCUT2D eigenvalue weighted by molar-refractivity contribution is 0.0610. The van der Waals surface area contributed by atoms with Gasteiger partial charge < -0.3 is 20.1 Å². The number of fused-ring (bicyclic) bond motifs is 1. The molecule has 0 aliphatic carbocycles. The molecule has 1 unspecified atom stereocenters. The maximum Gasteiger partial charge on any atom is 0.333 e. The summed E-state index contributed by atoms with van der Waals surface area (Å²) in [4.78, 5) is 43.8. The third-order valence-corrected chi connectivity index (χ3v) is 9.21. The van der Waals surface area contributed by atoms with E-state index >= 15 is 0 Å². The average Bonchev–Trinajstić information content (AvgIpc) is 3.38. The van der Waals surface area contributed by atoms with Crippen LogP contribution in [0.3, 0.4) is 0 Å². The van der Waals surface area contributed by atoms with E-state index in [4.69, 9.17) is 4.74 Å². The van der Waals surface area contributed by atoms with Crippen LogP contribution in [-0.4, -0.2) is 59.9 Å². The van der Waals surface area contributed by atoms with Crippen molar-refractivity contribution in [3.63, 3.8) is 0 Å².